The van der Waals surface area contributed by atoms with E-state index in [1.807, 2.05) is 50.2 Å². The second-order valence-electron chi connectivity index (χ2n) is 7.84. The van der Waals surface area contributed by atoms with Gasteiger partial charge >= 0.3 is 0 Å². The summed E-state index contributed by atoms with van der Waals surface area (Å²) in [5.74, 6) is -0.685. The van der Waals surface area contributed by atoms with Crippen molar-refractivity contribution in [3.05, 3.63) is 59.5 Å². The molecule has 1 aromatic heterocycles. The highest BCUT2D eigenvalue weighted by Crippen LogP contribution is 2.26. The highest BCUT2D eigenvalue weighted by Gasteiger charge is 2.32. The first kappa shape index (κ1) is 19.4. The van der Waals surface area contributed by atoms with E-state index in [0.717, 1.165) is 11.3 Å². The number of carbonyl (C=O) groups is 1. The predicted octanol–water partition coefficient (Wildman–Crippen LogP) is 2.98. The van der Waals surface area contributed by atoms with Gasteiger partial charge in [-0.2, -0.15) is 0 Å². The molecule has 0 unspecified atom stereocenters. The fourth-order valence-electron chi connectivity index (χ4n) is 3.91. The second-order valence-corrected chi connectivity index (χ2v) is 7.84. The third-order valence-electron chi connectivity index (χ3n) is 5.59. The minimum atomic E-state index is -0.423. The van der Waals surface area contributed by atoms with E-state index in [1.54, 1.807) is 6.07 Å². The standard InChI is InChI=1S/C22H25FN4O2/c1-13-7-8-17(23)16-10-18(25-21(13)16)22(29)24-14-5-4-6-15(9-14)27-11-19(26(2)3)20(28)12-27/h4-10,19-20,25,28H,11-12H2,1-3H3,(H,24,29)/t19-,20-/m1/s1. The van der Waals surface area contributed by atoms with E-state index in [2.05, 4.69) is 15.2 Å². The molecule has 7 heteroatoms. The van der Waals surface area contributed by atoms with Crippen molar-refractivity contribution in [1.29, 1.82) is 0 Å². The van der Waals surface area contributed by atoms with E-state index in [9.17, 15) is 14.3 Å². The Morgan fingerprint density at radius 1 is 1.24 bits per heavy atom. The van der Waals surface area contributed by atoms with Crippen LogP contribution in [0.5, 0.6) is 0 Å². The van der Waals surface area contributed by atoms with Crippen LogP contribution in [0.4, 0.5) is 15.8 Å². The van der Waals surface area contributed by atoms with Crippen LogP contribution in [-0.2, 0) is 0 Å². The molecule has 1 saturated heterocycles. The number of nitrogens with zero attached hydrogens (tertiary/aromatic N) is 2. The molecule has 1 aliphatic heterocycles. The molecule has 152 valence electrons. The van der Waals surface area contributed by atoms with E-state index >= 15 is 0 Å². The zero-order chi connectivity index (χ0) is 20.7. The number of aromatic nitrogens is 1. The molecule has 0 spiro atoms. The first-order valence-corrected chi connectivity index (χ1v) is 9.62. The molecular formula is C22H25FN4O2. The van der Waals surface area contributed by atoms with Crippen LogP contribution in [0, 0.1) is 12.7 Å². The largest absolute Gasteiger partial charge is 0.390 e. The normalized spacial score (nSPS) is 19.3. The number of aliphatic hydroxyl groups is 1. The Hall–Kier alpha value is -2.90. The highest BCUT2D eigenvalue weighted by atomic mass is 19.1. The van der Waals surface area contributed by atoms with Crippen molar-refractivity contribution in [3.63, 3.8) is 0 Å². The van der Waals surface area contributed by atoms with Gasteiger partial charge in [-0.15, -0.1) is 0 Å². The highest BCUT2D eigenvalue weighted by molar-refractivity contribution is 6.06. The third kappa shape index (κ3) is 3.71. The van der Waals surface area contributed by atoms with Gasteiger partial charge in [0.25, 0.3) is 5.91 Å². The van der Waals surface area contributed by atoms with E-state index in [1.165, 1.54) is 12.1 Å². The average Bonchev–Trinajstić information content (AvgIpc) is 3.30. The van der Waals surface area contributed by atoms with Gasteiger partial charge in [0, 0.05) is 29.9 Å². The van der Waals surface area contributed by atoms with Crippen molar-refractivity contribution in [2.24, 2.45) is 0 Å². The summed E-state index contributed by atoms with van der Waals surface area (Å²) < 4.78 is 14.0. The summed E-state index contributed by atoms with van der Waals surface area (Å²) >= 11 is 0. The Balaban J connectivity index is 1.53. The molecule has 29 heavy (non-hydrogen) atoms. The predicted molar refractivity (Wildman–Crippen MR) is 113 cm³/mol. The molecular weight excluding hydrogens is 371 g/mol. The molecule has 1 amide bonds. The lowest BCUT2D eigenvalue weighted by Crippen LogP contribution is -2.38. The van der Waals surface area contributed by atoms with Crippen LogP contribution in [0.25, 0.3) is 10.9 Å². The number of carbonyl (C=O) groups excluding carboxylic acids is 1. The number of hydrogen-bond donors (Lipinski definition) is 3. The molecule has 0 aliphatic carbocycles. The molecule has 4 rings (SSSR count). The second kappa shape index (κ2) is 7.50. The Morgan fingerprint density at radius 3 is 2.72 bits per heavy atom. The van der Waals surface area contributed by atoms with Crippen LogP contribution in [0.1, 0.15) is 16.1 Å². The minimum absolute atomic E-state index is 0.0673. The van der Waals surface area contributed by atoms with Crippen LogP contribution in [0.2, 0.25) is 0 Å². The van der Waals surface area contributed by atoms with Gasteiger partial charge in [0.15, 0.2) is 0 Å². The fourth-order valence-corrected chi connectivity index (χ4v) is 3.91. The molecule has 0 radical (unpaired) electrons. The lowest BCUT2D eigenvalue weighted by atomic mass is 10.1. The number of nitrogens with one attached hydrogen (secondary N) is 2. The molecule has 1 aliphatic rings. The molecule has 2 heterocycles. The number of aromatic amines is 1. The number of β-amino-alcohol motifs (C(OH)–C–C–N with tert-alkyl or cyclic N) is 1. The summed E-state index contributed by atoms with van der Waals surface area (Å²) in [4.78, 5) is 19.8. The maximum Gasteiger partial charge on any atom is 0.272 e. The van der Waals surface area contributed by atoms with Crippen LogP contribution < -0.4 is 10.2 Å². The van der Waals surface area contributed by atoms with E-state index in [-0.39, 0.29) is 17.8 Å². The van der Waals surface area contributed by atoms with Gasteiger partial charge in [0.05, 0.1) is 17.7 Å². The molecule has 3 aromatic rings. The van der Waals surface area contributed by atoms with Crippen molar-refractivity contribution in [2.45, 2.75) is 19.1 Å². The maximum atomic E-state index is 14.0. The van der Waals surface area contributed by atoms with Gasteiger partial charge < -0.3 is 25.2 Å². The van der Waals surface area contributed by atoms with Crippen molar-refractivity contribution < 1.29 is 14.3 Å². The van der Waals surface area contributed by atoms with Crippen LogP contribution in [0.3, 0.4) is 0 Å². The van der Waals surface area contributed by atoms with Crippen molar-refractivity contribution in [1.82, 2.24) is 9.88 Å². The van der Waals surface area contributed by atoms with Gasteiger partial charge in [0.2, 0.25) is 0 Å². The lowest BCUT2D eigenvalue weighted by Gasteiger charge is -2.22. The van der Waals surface area contributed by atoms with Gasteiger partial charge in [0.1, 0.15) is 11.5 Å². The first-order valence-electron chi connectivity index (χ1n) is 9.62. The average molecular weight is 396 g/mol. The molecule has 0 bridgehead atoms. The zero-order valence-electron chi connectivity index (χ0n) is 16.7. The number of fused-ring (bicyclic) bond motifs is 1. The van der Waals surface area contributed by atoms with Crippen LogP contribution >= 0.6 is 0 Å². The topological polar surface area (TPSA) is 71.6 Å². The number of rotatable bonds is 4. The number of aryl methyl sites for hydroxylation is 1. The van der Waals surface area contributed by atoms with Gasteiger partial charge in [-0.1, -0.05) is 12.1 Å². The quantitative estimate of drug-likeness (QED) is 0.634. The number of anilines is 2. The van der Waals surface area contributed by atoms with Crippen LogP contribution in [0.15, 0.2) is 42.5 Å². The van der Waals surface area contributed by atoms with Crippen molar-refractivity contribution in [2.75, 3.05) is 37.4 Å². The maximum absolute atomic E-state index is 14.0. The number of halogens is 1. The molecule has 2 aromatic carbocycles. The number of benzene rings is 2. The Morgan fingerprint density at radius 2 is 2.03 bits per heavy atom. The number of aliphatic hydroxyl groups excluding tert-OH is 1. The first-order chi connectivity index (χ1) is 13.8. The molecule has 0 saturated carbocycles. The number of amides is 1. The molecule has 2 atom stereocenters. The Kier molecular flexibility index (Phi) is 5.02. The third-order valence-corrected chi connectivity index (χ3v) is 5.59. The van der Waals surface area contributed by atoms with Gasteiger partial charge in [-0.25, -0.2) is 4.39 Å². The summed E-state index contributed by atoms with van der Waals surface area (Å²) in [7, 11) is 3.91. The summed E-state index contributed by atoms with van der Waals surface area (Å²) in [6.45, 7) is 3.13. The SMILES string of the molecule is Cc1ccc(F)c2cc(C(=O)Nc3cccc(N4C[C@@H](O)[C@H](N(C)C)C4)c3)[nH]c12. The molecule has 1 fully saturated rings. The molecule has 3 N–H and O–H groups in total. The van der Waals surface area contributed by atoms with Crippen LogP contribution in [-0.4, -0.2) is 60.2 Å². The Labute approximate surface area is 168 Å². The van der Waals surface area contributed by atoms with Gasteiger partial charge in [-0.05, 0) is 56.9 Å². The molecule has 6 nitrogen and oxygen atoms in total. The zero-order valence-corrected chi connectivity index (χ0v) is 16.7. The fraction of sp³-hybridized carbons (Fsp3) is 0.318. The van der Waals surface area contributed by atoms with E-state index in [4.69, 9.17) is 0 Å². The summed E-state index contributed by atoms with van der Waals surface area (Å²) in [6.07, 6.45) is -0.423. The van der Waals surface area contributed by atoms with Gasteiger partial charge in [-0.3, -0.25) is 4.79 Å². The summed E-state index contributed by atoms with van der Waals surface area (Å²) in [5, 5.41) is 13.6. The minimum Gasteiger partial charge on any atom is -0.390 e. The number of hydrogen-bond acceptors (Lipinski definition) is 4. The smallest absolute Gasteiger partial charge is 0.272 e. The summed E-state index contributed by atoms with van der Waals surface area (Å²) in [6, 6.07) is 12.2. The van der Waals surface area contributed by atoms with E-state index in [0.29, 0.717) is 35.4 Å². The lowest BCUT2D eigenvalue weighted by molar-refractivity contribution is 0.102. The van der Waals surface area contributed by atoms with E-state index < -0.39 is 6.10 Å². The van der Waals surface area contributed by atoms with Crippen molar-refractivity contribution >= 4 is 28.2 Å². The van der Waals surface area contributed by atoms with Crippen molar-refractivity contribution in [3.8, 4) is 0 Å². The number of H-pyrrole nitrogens is 1. The number of likely N-dealkylation sites (N-methyl/N-ethyl adjacent to an activating group) is 1. The Bertz CT molecular complexity index is 1020. The summed E-state index contributed by atoms with van der Waals surface area (Å²) in [5.41, 5.74) is 3.40. The monoisotopic (exact) mass is 396 g/mol.